The summed E-state index contributed by atoms with van der Waals surface area (Å²) in [4.78, 5) is 17.7. The van der Waals surface area contributed by atoms with E-state index in [9.17, 15) is 9.18 Å². The number of oxazole rings is 1. The molecule has 6 heteroatoms. The normalized spacial score (nSPS) is 10.8. The SMILES string of the molecule is O=C(CCc1ncc(-c2ccc(F)cc2)o1)Nc1ccccc1-c1cccs1. The van der Waals surface area contributed by atoms with Gasteiger partial charge in [0.1, 0.15) is 5.82 Å². The highest BCUT2D eigenvalue weighted by atomic mass is 32.1. The van der Waals surface area contributed by atoms with Crippen LogP contribution in [-0.4, -0.2) is 10.9 Å². The van der Waals surface area contributed by atoms with E-state index in [0.29, 0.717) is 18.1 Å². The molecule has 0 radical (unpaired) electrons. The highest BCUT2D eigenvalue weighted by Gasteiger charge is 2.12. The Kier molecular flexibility index (Phi) is 5.30. The van der Waals surface area contributed by atoms with Crippen molar-refractivity contribution in [3.63, 3.8) is 0 Å². The molecule has 1 amide bonds. The zero-order valence-corrected chi connectivity index (χ0v) is 15.7. The number of benzene rings is 2. The number of amides is 1. The number of hydrogen-bond acceptors (Lipinski definition) is 4. The van der Waals surface area contributed by atoms with Crippen LogP contribution < -0.4 is 5.32 Å². The summed E-state index contributed by atoms with van der Waals surface area (Å²) in [5, 5.41) is 4.98. The number of hydrogen-bond donors (Lipinski definition) is 1. The van der Waals surface area contributed by atoms with Crippen molar-refractivity contribution in [2.45, 2.75) is 12.8 Å². The Morgan fingerprint density at radius 2 is 1.89 bits per heavy atom. The van der Waals surface area contributed by atoms with Crippen molar-refractivity contribution < 1.29 is 13.6 Å². The fraction of sp³-hybridized carbons (Fsp3) is 0.0909. The van der Waals surface area contributed by atoms with Gasteiger partial charge in [-0.2, -0.15) is 0 Å². The predicted octanol–water partition coefficient (Wildman–Crippen LogP) is 5.78. The Bertz CT molecular complexity index is 1070. The smallest absolute Gasteiger partial charge is 0.224 e. The summed E-state index contributed by atoms with van der Waals surface area (Å²) in [5.41, 5.74) is 2.53. The van der Waals surface area contributed by atoms with Gasteiger partial charge < -0.3 is 9.73 Å². The Morgan fingerprint density at radius 1 is 1.07 bits per heavy atom. The fourth-order valence-corrected chi connectivity index (χ4v) is 3.61. The number of thiophene rings is 1. The summed E-state index contributed by atoms with van der Waals surface area (Å²) in [7, 11) is 0. The second-order valence-electron chi connectivity index (χ2n) is 6.20. The van der Waals surface area contributed by atoms with Crippen molar-refractivity contribution in [2.75, 3.05) is 5.32 Å². The van der Waals surface area contributed by atoms with E-state index >= 15 is 0 Å². The van der Waals surface area contributed by atoms with Crippen molar-refractivity contribution >= 4 is 22.9 Å². The molecule has 2 heterocycles. The summed E-state index contributed by atoms with van der Waals surface area (Å²) in [6.45, 7) is 0. The molecular weight excluding hydrogens is 375 g/mol. The van der Waals surface area contributed by atoms with Gasteiger partial charge in [0.2, 0.25) is 5.91 Å². The maximum atomic E-state index is 13.0. The number of aryl methyl sites for hydroxylation is 1. The number of carbonyl (C=O) groups is 1. The van der Waals surface area contributed by atoms with Crippen LogP contribution in [-0.2, 0) is 11.2 Å². The molecule has 4 rings (SSSR count). The number of para-hydroxylation sites is 1. The van der Waals surface area contributed by atoms with Crippen LogP contribution in [0.3, 0.4) is 0 Å². The molecule has 0 aliphatic heterocycles. The minimum atomic E-state index is -0.303. The number of halogens is 1. The molecule has 0 saturated carbocycles. The first-order valence-electron chi connectivity index (χ1n) is 8.82. The van der Waals surface area contributed by atoms with Crippen LogP contribution in [0.4, 0.5) is 10.1 Å². The molecule has 0 unspecified atom stereocenters. The quantitative estimate of drug-likeness (QED) is 0.452. The van der Waals surface area contributed by atoms with Crippen LogP contribution in [0.1, 0.15) is 12.3 Å². The van der Waals surface area contributed by atoms with Crippen LogP contribution in [0.5, 0.6) is 0 Å². The number of nitrogens with zero attached hydrogens (tertiary/aromatic N) is 1. The molecular formula is C22H17FN2O2S. The molecule has 0 aliphatic rings. The summed E-state index contributed by atoms with van der Waals surface area (Å²) in [5.74, 6) is 0.619. The van der Waals surface area contributed by atoms with Gasteiger partial charge in [0.15, 0.2) is 11.7 Å². The highest BCUT2D eigenvalue weighted by Crippen LogP contribution is 2.31. The number of nitrogens with one attached hydrogen (secondary N) is 1. The lowest BCUT2D eigenvalue weighted by molar-refractivity contribution is -0.116. The second kappa shape index (κ2) is 8.19. The molecule has 1 N–H and O–H groups in total. The Hall–Kier alpha value is -3.25. The van der Waals surface area contributed by atoms with Gasteiger partial charge in [-0.3, -0.25) is 4.79 Å². The first-order chi connectivity index (χ1) is 13.7. The van der Waals surface area contributed by atoms with E-state index in [0.717, 1.165) is 21.7 Å². The van der Waals surface area contributed by atoms with Crippen molar-refractivity contribution in [1.82, 2.24) is 4.98 Å². The average molecular weight is 392 g/mol. The molecule has 0 saturated heterocycles. The van der Waals surface area contributed by atoms with Crippen molar-refractivity contribution in [1.29, 1.82) is 0 Å². The Labute approximate surface area is 165 Å². The molecule has 0 spiro atoms. The van der Waals surface area contributed by atoms with Gasteiger partial charge in [-0.05, 0) is 41.8 Å². The number of rotatable bonds is 6. The van der Waals surface area contributed by atoms with Gasteiger partial charge in [0.05, 0.1) is 6.20 Å². The standard InChI is InChI=1S/C22H17FN2O2S/c23-16-9-7-15(8-10-16)19-14-24-22(27-19)12-11-21(26)25-18-5-2-1-4-17(18)20-6-3-13-28-20/h1-10,13-14H,11-12H2,(H,25,26). The molecule has 28 heavy (non-hydrogen) atoms. The molecule has 4 aromatic rings. The lowest BCUT2D eigenvalue weighted by atomic mass is 10.1. The molecule has 0 fully saturated rings. The largest absolute Gasteiger partial charge is 0.441 e. The third-order valence-corrected chi connectivity index (χ3v) is 5.14. The van der Waals surface area contributed by atoms with E-state index in [4.69, 9.17) is 4.42 Å². The van der Waals surface area contributed by atoms with E-state index in [1.807, 2.05) is 41.8 Å². The second-order valence-corrected chi connectivity index (χ2v) is 7.14. The number of carbonyl (C=O) groups excluding carboxylic acids is 1. The van der Waals surface area contributed by atoms with Gasteiger partial charge in [-0.15, -0.1) is 11.3 Å². The number of anilines is 1. The van der Waals surface area contributed by atoms with E-state index in [-0.39, 0.29) is 18.1 Å². The van der Waals surface area contributed by atoms with Gasteiger partial charge in [-0.25, -0.2) is 9.37 Å². The Balaban J connectivity index is 1.39. The van der Waals surface area contributed by atoms with Crippen molar-refractivity contribution in [2.24, 2.45) is 0 Å². The third kappa shape index (κ3) is 4.18. The van der Waals surface area contributed by atoms with E-state index in [2.05, 4.69) is 10.3 Å². The van der Waals surface area contributed by atoms with E-state index in [1.165, 1.54) is 12.1 Å². The maximum absolute atomic E-state index is 13.0. The zero-order valence-electron chi connectivity index (χ0n) is 14.9. The number of aromatic nitrogens is 1. The summed E-state index contributed by atoms with van der Waals surface area (Å²) in [6, 6.07) is 17.8. The van der Waals surface area contributed by atoms with E-state index < -0.39 is 0 Å². The lowest BCUT2D eigenvalue weighted by Crippen LogP contribution is -2.13. The Morgan fingerprint density at radius 3 is 2.68 bits per heavy atom. The van der Waals surface area contributed by atoms with Crippen LogP contribution in [0, 0.1) is 5.82 Å². The van der Waals surface area contributed by atoms with Gasteiger partial charge in [0.25, 0.3) is 0 Å². The van der Waals surface area contributed by atoms with Gasteiger partial charge in [0, 0.05) is 34.5 Å². The van der Waals surface area contributed by atoms with Crippen LogP contribution in [0.15, 0.2) is 76.7 Å². The molecule has 2 aromatic carbocycles. The fourth-order valence-electron chi connectivity index (χ4n) is 2.85. The molecule has 0 atom stereocenters. The first kappa shape index (κ1) is 18.1. The minimum absolute atomic E-state index is 0.106. The first-order valence-corrected chi connectivity index (χ1v) is 9.70. The summed E-state index contributed by atoms with van der Waals surface area (Å²) >= 11 is 1.63. The predicted molar refractivity (Wildman–Crippen MR) is 109 cm³/mol. The average Bonchev–Trinajstić information content (AvgIpc) is 3.40. The van der Waals surface area contributed by atoms with Gasteiger partial charge >= 0.3 is 0 Å². The topological polar surface area (TPSA) is 55.1 Å². The molecule has 2 aromatic heterocycles. The minimum Gasteiger partial charge on any atom is -0.441 e. The lowest BCUT2D eigenvalue weighted by Gasteiger charge is -2.09. The zero-order chi connectivity index (χ0) is 19.3. The highest BCUT2D eigenvalue weighted by molar-refractivity contribution is 7.13. The summed E-state index contributed by atoms with van der Waals surface area (Å²) < 4.78 is 18.7. The third-order valence-electron chi connectivity index (χ3n) is 4.24. The van der Waals surface area contributed by atoms with E-state index in [1.54, 1.807) is 29.7 Å². The van der Waals surface area contributed by atoms with Crippen molar-refractivity contribution in [3.8, 4) is 21.8 Å². The summed E-state index contributed by atoms with van der Waals surface area (Å²) in [6.07, 6.45) is 2.23. The van der Waals surface area contributed by atoms with Crippen LogP contribution in [0.2, 0.25) is 0 Å². The van der Waals surface area contributed by atoms with Crippen LogP contribution in [0.25, 0.3) is 21.8 Å². The molecule has 4 nitrogen and oxygen atoms in total. The van der Waals surface area contributed by atoms with Crippen molar-refractivity contribution in [3.05, 3.63) is 83.9 Å². The molecule has 0 aliphatic carbocycles. The maximum Gasteiger partial charge on any atom is 0.224 e. The van der Waals surface area contributed by atoms with Gasteiger partial charge in [-0.1, -0.05) is 24.3 Å². The molecule has 0 bridgehead atoms. The molecule has 140 valence electrons. The monoisotopic (exact) mass is 392 g/mol. The van der Waals surface area contributed by atoms with Crippen LogP contribution >= 0.6 is 11.3 Å².